The molecule has 0 aliphatic heterocycles. The molecule has 1 heterocycles. The van der Waals surface area contributed by atoms with Gasteiger partial charge in [0.15, 0.2) is 0 Å². The Bertz CT molecular complexity index is 481. The number of thiazole rings is 1. The molecule has 0 bridgehead atoms. The number of nitrogens with zero attached hydrogens (tertiary/aromatic N) is 1. The summed E-state index contributed by atoms with van der Waals surface area (Å²) in [6.45, 7) is 1.72. The van der Waals surface area contributed by atoms with E-state index in [0.717, 1.165) is 27.7 Å². The smallest absolute Gasteiger partial charge is 0.0973 e. The lowest BCUT2D eigenvalue weighted by Gasteiger charge is -2.01. The van der Waals surface area contributed by atoms with Crippen molar-refractivity contribution in [3.05, 3.63) is 50.9 Å². The van der Waals surface area contributed by atoms with Crippen molar-refractivity contribution in [3.63, 3.8) is 0 Å². The molecule has 0 amide bonds. The fraction of sp³-hybridized carbons (Fsp3) is 0.250. The summed E-state index contributed by atoms with van der Waals surface area (Å²) in [4.78, 5) is 4.36. The minimum Gasteiger partial charge on any atom is -0.387 e. The van der Waals surface area contributed by atoms with Gasteiger partial charge in [0.25, 0.3) is 0 Å². The van der Waals surface area contributed by atoms with Gasteiger partial charge in [-0.15, -0.1) is 11.3 Å². The van der Waals surface area contributed by atoms with Crippen LogP contribution in [0.5, 0.6) is 0 Å². The lowest BCUT2D eigenvalue weighted by atomic mass is 10.1. The van der Waals surface area contributed by atoms with Crippen LogP contribution in [0.2, 0.25) is 5.02 Å². The summed E-state index contributed by atoms with van der Waals surface area (Å²) in [6, 6.07) is 7.74. The summed E-state index contributed by atoms with van der Waals surface area (Å²) in [5, 5.41) is 13.0. The van der Waals surface area contributed by atoms with Crippen molar-refractivity contribution in [3.8, 4) is 0 Å². The van der Waals surface area contributed by atoms with E-state index in [1.165, 1.54) is 0 Å². The van der Waals surface area contributed by atoms with Gasteiger partial charge in [-0.3, -0.25) is 0 Å². The maximum atomic E-state index is 9.38. The fourth-order valence-electron chi connectivity index (χ4n) is 1.40. The average molecular weight is 254 g/mol. The molecule has 16 heavy (non-hydrogen) atoms. The van der Waals surface area contributed by atoms with Crippen molar-refractivity contribution >= 4 is 22.9 Å². The molecular weight excluding hydrogens is 242 g/mol. The molecule has 1 aromatic heterocycles. The van der Waals surface area contributed by atoms with E-state index in [2.05, 4.69) is 4.98 Å². The summed E-state index contributed by atoms with van der Waals surface area (Å²) < 4.78 is 0. The molecule has 1 N–H and O–H groups in total. The van der Waals surface area contributed by atoms with Crippen LogP contribution in [0, 0.1) is 0 Å². The molecule has 1 aromatic carbocycles. The molecule has 0 spiro atoms. The van der Waals surface area contributed by atoms with Crippen molar-refractivity contribution in [1.29, 1.82) is 0 Å². The molecule has 0 aliphatic carbocycles. The van der Waals surface area contributed by atoms with Crippen LogP contribution in [-0.4, -0.2) is 10.1 Å². The molecule has 0 aliphatic rings. The normalized spacial score (nSPS) is 12.7. The molecule has 2 rings (SSSR count). The zero-order chi connectivity index (χ0) is 11.5. The molecule has 4 heteroatoms. The van der Waals surface area contributed by atoms with Gasteiger partial charge < -0.3 is 5.11 Å². The van der Waals surface area contributed by atoms with E-state index in [1.54, 1.807) is 18.3 Å². The number of benzene rings is 1. The number of halogens is 1. The monoisotopic (exact) mass is 253 g/mol. The Labute approximate surface area is 104 Å². The molecule has 0 saturated heterocycles. The Morgan fingerprint density at radius 2 is 2.19 bits per heavy atom. The second-order valence-electron chi connectivity index (χ2n) is 3.61. The summed E-state index contributed by atoms with van der Waals surface area (Å²) >= 11 is 7.62. The van der Waals surface area contributed by atoms with Gasteiger partial charge >= 0.3 is 0 Å². The van der Waals surface area contributed by atoms with Crippen LogP contribution >= 0.6 is 22.9 Å². The van der Waals surface area contributed by atoms with Crippen LogP contribution in [-0.2, 0) is 6.42 Å². The molecular formula is C12H12ClNOS. The SMILES string of the molecule is CC(O)c1csc(Cc2ccccc2Cl)n1. The Morgan fingerprint density at radius 1 is 1.44 bits per heavy atom. The Balaban J connectivity index is 2.18. The quantitative estimate of drug-likeness (QED) is 0.909. The van der Waals surface area contributed by atoms with E-state index in [-0.39, 0.29) is 0 Å². The minimum atomic E-state index is -0.503. The molecule has 2 aromatic rings. The number of hydrogen-bond acceptors (Lipinski definition) is 3. The van der Waals surface area contributed by atoms with Crippen molar-refractivity contribution in [1.82, 2.24) is 4.98 Å². The van der Waals surface area contributed by atoms with E-state index in [0.29, 0.717) is 0 Å². The molecule has 0 fully saturated rings. The molecule has 2 nitrogen and oxygen atoms in total. The second kappa shape index (κ2) is 4.95. The van der Waals surface area contributed by atoms with E-state index >= 15 is 0 Å². The van der Waals surface area contributed by atoms with Gasteiger partial charge in [-0.2, -0.15) is 0 Å². The first-order valence-corrected chi connectivity index (χ1v) is 6.28. The number of rotatable bonds is 3. The topological polar surface area (TPSA) is 33.1 Å². The van der Waals surface area contributed by atoms with Crippen LogP contribution in [0.1, 0.15) is 29.3 Å². The van der Waals surface area contributed by atoms with E-state index in [1.807, 2.05) is 29.6 Å². The van der Waals surface area contributed by atoms with Crippen molar-refractivity contribution in [2.45, 2.75) is 19.4 Å². The third-order valence-electron chi connectivity index (χ3n) is 2.30. The predicted molar refractivity (Wildman–Crippen MR) is 67.0 cm³/mol. The zero-order valence-corrected chi connectivity index (χ0v) is 10.4. The van der Waals surface area contributed by atoms with E-state index < -0.39 is 6.10 Å². The Morgan fingerprint density at radius 3 is 2.81 bits per heavy atom. The molecule has 0 saturated carbocycles. The molecule has 1 unspecified atom stereocenters. The largest absolute Gasteiger partial charge is 0.387 e. The van der Waals surface area contributed by atoms with Crippen molar-refractivity contribution in [2.24, 2.45) is 0 Å². The first-order valence-electron chi connectivity index (χ1n) is 5.02. The van der Waals surface area contributed by atoms with Gasteiger partial charge in [-0.25, -0.2) is 4.98 Å². The summed E-state index contributed by atoms with van der Waals surface area (Å²) in [6.07, 6.45) is 0.216. The van der Waals surface area contributed by atoms with Crippen molar-refractivity contribution < 1.29 is 5.11 Å². The van der Waals surface area contributed by atoms with Gasteiger partial charge in [0.2, 0.25) is 0 Å². The van der Waals surface area contributed by atoms with Gasteiger partial charge in [-0.05, 0) is 18.6 Å². The van der Waals surface area contributed by atoms with Gasteiger partial charge in [0.05, 0.1) is 16.8 Å². The minimum absolute atomic E-state index is 0.503. The maximum Gasteiger partial charge on any atom is 0.0973 e. The second-order valence-corrected chi connectivity index (χ2v) is 4.96. The van der Waals surface area contributed by atoms with Gasteiger partial charge in [0, 0.05) is 16.8 Å². The highest BCUT2D eigenvalue weighted by Gasteiger charge is 2.08. The van der Waals surface area contributed by atoms with Gasteiger partial charge in [-0.1, -0.05) is 29.8 Å². The van der Waals surface area contributed by atoms with Gasteiger partial charge in [0.1, 0.15) is 0 Å². The Hall–Kier alpha value is -0.900. The van der Waals surface area contributed by atoms with Crippen LogP contribution in [0.3, 0.4) is 0 Å². The summed E-state index contributed by atoms with van der Waals surface area (Å²) in [5.41, 5.74) is 1.79. The fourth-order valence-corrected chi connectivity index (χ4v) is 2.51. The first kappa shape index (κ1) is 11.6. The van der Waals surface area contributed by atoms with Crippen LogP contribution in [0.15, 0.2) is 29.6 Å². The Kier molecular flexibility index (Phi) is 3.59. The van der Waals surface area contributed by atoms with Crippen LogP contribution in [0.25, 0.3) is 0 Å². The van der Waals surface area contributed by atoms with E-state index in [4.69, 9.17) is 11.6 Å². The van der Waals surface area contributed by atoms with Crippen molar-refractivity contribution in [2.75, 3.05) is 0 Å². The lowest BCUT2D eigenvalue weighted by molar-refractivity contribution is 0.195. The average Bonchev–Trinajstić information content (AvgIpc) is 2.70. The number of aliphatic hydroxyl groups excluding tert-OH is 1. The number of aliphatic hydroxyl groups is 1. The highest BCUT2D eigenvalue weighted by Crippen LogP contribution is 2.22. The standard InChI is InChI=1S/C12H12ClNOS/c1-8(15)11-7-16-12(14-11)6-9-4-2-3-5-10(9)13/h2-5,7-8,15H,6H2,1H3. The predicted octanol–water partition coefficient (Wildman–Crippen LogP) is 3.44. The number of hydrogen-bond donors (Lipinski definition) is 1. The third kappa shape index (κ3) is 2.61. The maximum absolute atomic E-state index is 9.38. The summed E-state index contributed by atoms with van der Waals surface area (Å²) in [7, 11) is 0. The number of aromatic nitrogens is 1. The zero-order valence-electron chi connectivity index (χ0n) is 8.85. The molecule has 84 valence electrons. The first-order chi connectivity index (χ1) is 7.66. The molecule has 1 atom stereocenters. The van der Waals surface area contributed by atoms with Crippen LogP contribution < -0.4 is 0 Å². The highest BCUT2D eigenvalue weighted by molar-refractivity contribution is 7.09. The lowest BCUT2D eigenvalue weighted by Crippen LogP contribution is -1.93. The highest BCUT2D eigenvalue weighted by atomic mass is 35.5. The van der Waals surface area contributed by atoms with E-state index in [9.17, 15) is 5.11 Å². The van der Waals surface area contributed by atoms with Crippen LogP contribution in [0.4, 0.5) is 0 Å². The molecule has 0 radical (unpaired) electrons. The summed E-state index contributed by atoms with van der Waals surface area (Å²) in [5.74, 6) is 0. The third-order valence-corrected chi connectivity index (χ3v) is 3.53.